The summed E-state index contributed by atoms with van der Waals surface area (Å²) in [5, 5.41) is 8.00. The summed E-state index contributed by atoms with van der Waals surface area (Å²) in [4.78, 5) is 20.0. The molecule has 0 saturated heterocycles. The molecule has 0 aliphatic carbocycles. The van der Waals surface area contributed by atoms with Crippen LogP contribution in [0, 0.1) is 0 Å². The van der Waals surface area contributed by atoms with Crippen LogP contribution in [-0.2, 0) is 9.59 Å². The molecule has 0 rings (SSSR count). The number of ketones is 1. The zero-order valence-electron chi connectivity index (χ0n) is 9.79. The van der Waals surface area contributed by atoms with E-state index in [1.54, 1.807) is 13.0 Å². The first-order valence-corrected chi connectivity index (χ1v) is 5.36. The van der Waals surface area contributed by atoms with E-state index in [4.69, 9.17) is 5.11 Å². The minimum Gasteiger partial charge on any atom is -0.481 e. The zero-order chi connectivity index (χ0) is 12.1. The summed E-state index contributed by atoms with van der Waals surface area (Å²) in [6, 6.07) is 0. The monoisotopic (exact) mass is 214 g/mol. The van der Waals surface area contributed by atoms with Gasteiger partial charge in [0.05, 0.1) is 0 Å². The molecule has 0 heterocycles. The minimum absolute atomic E-state index is 0.198. The molecule has 0 fully saturated rings. The fourth-order valence-electron chi connectivity index (χ4n) is 0.849. The van der Waals surface area contributed by atoms with Gasteiger partial charge in [0.2, 0.25) is 0 Å². The Bertz CT molecular complexity index is 185. The topological polar surface area (TPSA) is 54.4 Å². The lowest BCUT2D eigenvalue weighted by Crippen LogP contribution is -1.90. The van der Waals surface area contributed by atoms with Gasteiger partial charge in [0.25, 0.3) is 0 Å². The standard InChI is InChI=1S/C7H14O.C5H8O2/c1-3-4-5-6-7(2)8;1-2-3-4-5(6)7/h3-6H2,1-2H3;2H,1,3-4H2,(H,6,7). The molecule has 0 amide bonds. The second-order valence-electron chi connectivity index (χ2n) is 3.38. The van der Waals surface area contributed by atoms with Crippen LogP contribution in [0.1, 0.15) is 52.4 Å². The Morgan fingerprint density at radius 3 is 2.13 bits per heavy atom. The van der Waals surface area contributed by atoms with E-state index in [1.165, 1.54) is 12.8 Å². The number of hydrogen-bond acceptors (Lipinski definition) is 2. The molecule has 0 unspecified atom stereocenters. The van der Waals surface area contributed by atoms with Crippen molar-refractivity contribution in [2.24, 2.45) is 0 Å². The Hall–Kier alpha value is -1.12. The number of carbonyl (C=O) groups is 2. The van der Waals surface area contributed by atoms with Gasteiger partial charge in [-0.3, -0.25) is 4.79 Å². The van der Waals surface area contributed by atoms with Gasteiger partial charge in [-0.05, 0) is 19.8 Å². The van der Waals surface area contributed by atoms with Crippen LogP contribution in [0.5, 0.6) is 0 Å². The minimum atomic E-state index is -0.764. The highest BCUT2D eigenvalue weighted by molar-refractivity contribution is 5.75. The van der Waals surface area contributed by atoms with E-state index in [0.717, 1.165) is 12.8 Å². The Kier molecular flexibility index (Phi) is 14.0. The third-order valence-electron chi connectivity index (χ3n) is 1.69. The van der Waals surface area contributed by atoms with Crippen LogP contribution in [0.4, 0.5) is 0 Å². The first-order valence-electron chi connectivity index (χ1n) is 5.36. The average molecular weight is 214 g/mol. The van der Waals surface area contributed by atoms with Gasteiger partial charge in [-0.15, -0.1) is 6.58 Å². The fourth-order valence-corrected chi connectivity index (χ4v) is 0.849. The maximum absolute atomic E-state index is 10.3. The molecule has 0 aromatic carbocycles. The van der Waals surface area contributed by atoms with E-state index >= 15 is 0 Å². The van der Waals surface area contributed by atoms with Crippen molar-refractivity contribution in [3.8, 4) is 0 Å². The number of Topliss-reactive ketones (excluding diaryl/α,β-unsaturated/α-hetero) is 1. The first-order chi connectivity index (χ1) is 7.04. The number of unbranched alkanes of at least 4 members (excludes halogenated alkanes) is 2. The van der Waals surface area contributed by atoms with E-state index in [1.807, 2.05) is 0 Å². The van der Waals surface area contributed by atoms with Gasteiger partial charge in [-0.25, -0.2) is 0 Å². The number of aliphatic carboxylic acids is 1. The van der Waals surface area contributed by atoms with Gasteiger partial charge >= 0.3 is 5.97 Å². The number of carboxylic acid groups (broad SMARTS) is 1. The third kappa shape index (κ3) is 24.6. The van der Waals surface area contributed by atoms with Crippen LogP contribution >= 0.6 is 0 Å². The molecule has 0 aromatic rings. The predicted octanol–water partition coefficient (Wildman–Crippen LogP) is 3.19. The van der Waals surface area contributed by atoms with Gasteiger partial charge in [-0.2, -0.15) is 0 Å². The number of rotatable bonds is 7. The Labute approximate surface area is 92.2 Å². The molecular weight excluding hydrogens is 192 g/mol. The largest absolute Gasteiger partial charge is 0.481 e. The highest BCUT2D eigenvalue weighted by Crippen LogP contribution is 1.98. The highest BCUT2D eigenvalue weighted by atomic mass is 16.4. The Balaban J connectivity index is 0. The quantitative estimate of drug-likeness (QED) is 0.523. The predicted molar refractivity (Wildman–Crippen MR) is 61.9 cm³/mol. The lowest BCUT2D eigenvalue weighted by molar-refractivity contribution is -0.136. The Morgan fingerprint density at radius 2 is 1.87 bits per heavy atom. The molecule has 15 heavy (non-hydrogen) atoms. The highest BCUT2D eigenvalue weighted by Gasteiger charge is 1.90. The summed E-state index contributed by atoms with van der Waals surface area (Å²) in [5.41, 5.74) is 0. The molecule has 3 heteroatoms. The van der Waals surface area contributed by atoms with Crippen molar-refractivity contribution >= 4 is 11.8 Å². The van der Waals surface area contributed by atoms with E-state index in [0.29, 0.717) is 12.2 Å². The number of hydrogen-bond donors (Lipinski definition) is 1. The molecule has 0 aliphatic heterocycles. The van der Waals surface area contributed by atoms with E-state index in [-0.39, 0.29) is 6.42 Å². The molecule has 88 valence electrons. The maximum Gasteiger partial charge on any atom is 0.303 e. The van der Waals surface area contributed by atoms with E-state index < -0.39 is 5.97 Å². The van der Waals surface area contributed by atoms with Crippen molar-refractivity contribution in [1.29, 1.82) is 0 Å². The van der Waals surface area contributed by atoms with Crippen LogP contribution < -0.4 is 0 Å². The van der Waals surface area contributed by atoms with Crippen LogP contribution in [0.2, 0.25) is 0 Å². The second-order valence-corrected chi connectivity index (χ2v) is 3.38. The first kappa shape index (κ1) is 16.3. The van der Waals surface area contributed by atoms with Crippen LogP contribution in [-0.4, -0.2) is 16.9 Å². The van der Waals surface area contributed by atoms with E-state index in [9.17, 15) is 9.59 Å². The molecule has 0 spiro atoms. The lowest BCUT2D eigenvalue weighted by atomic mass is 10.2. The summed E-state index contributed by atoms with van der Waals surface area (Å²) in [6.45, 7) is 7.16. The number of carbonyl (C=O) groups excluding carboxylic acids is 1. The second kappa shape index (κ2) is 12.9. The molecular formula is C12H22O3. The Morgan fingerprint density at radius 1 is 1.27 bits per heavy atom. The van der Waals surface area contributed by atoms with Crippen LogP contribution in [0.15, 0.2) is 12.7 Å². The molecule has 0 aliphatic rings. The van der Waals surface area contributed by atoms with Crippen molar-refractivity contribution in [2.75, 3.05) is 0 Å². The summed E-state index contributed by atoms with van der Waals surface area (Å²) in [6.07, 6.45) is 6.60. The molecule has 0 atom stereocenters. The summed E-state index contributed by atoms with van der Waals surface area (Å²) >= 11 is 0. The zero-order valence-corrected chi connectivity index (χ0v) is 9.79. The average Bonchev–Trinajstić information content (AvgIpc) is 2.15. The molecule has 3 nitrogen and oxygen atoms in total. The van der Waals surface area contributed by atoms with Crippen LogP contribution in [0.3, 0.4) is 0 Å². The maximum atomic E-state index is 10.3. The smallest absolute Gasteiger partial charge is 0.303 e. The van der Waals surface area contributed by atoms with Gasteiger partial charge in [-0.1, -0.05) is 25.8 Å². The van der Waals surface area contributed by atoms with Gasteiger partial charge in [0, 0.05) is 12.8 Å². The van der Waals surface area contributed by atoms with Crippen molar-refractivity contribution in [2.45, 2.75) is 52.4 Å². The number of allylic oxidation sites excluding steroid dienone is 1. The van der Waals surface area contributed by atoms with Gasteiger partial charge < -0.3 is 9.90 Å². The van der Waals surface area contributed by atoms with Gasteiger partial charge in [0.15, 0.2) is 0 Å². The van der Waals surface area contributed by atoms with Crippen molar-refractivity contribution < 1.29 is 14.7 Å². The SMILES string of the molecule is C=CCCC(=O)O.CCCCCC(C)=O. The van der Waals surface area contributed by atoms with Crippen molar-refractivity contribution in [1.82, 2.24) is 0 Å². The normalized spacial score (nSPS) is 8.67. The lowest BCUT2D eigenvalue weighted by Gasteiger charge is -1.90. The molecule has 0 aromatic heterocycles. The summed E-state index contributed by atoms with van der Waals surface area (Å²) in [5.74, 6) is -0.446. The summed E-state index contributed by atoms with van der Waals surface area (Å²) < 4.78 is 0. The van der Waals surface area contributed by atoms with E-state index in [2.05, 4.69) is 13.5 Å². The fraction of sp³-hybridized carbons (Fsp3) is 0.667. The van der Waals surface area contributed by atoms with Gasteiger partial charge in [0.1, 0.15) is 5.78 Å². The summed E-state index contributed by atoms with van der Waals surface area (Å²) in [7, 11) is 0. The molecule has 0 bridgehead atoms. The third-order valence-corrected chi connectivity index (χ3v) is 1.69. The number of carboxylic acids is 1. The molecule has 0 saturated carbocycles. The van der Waals surface area contributed by atoms with Crippen molar-refractivity contribution in [3.05, 3.63) is 12.7 Å². The molecule has 1 N–H and O–H groups in total. The molecule has 0 radical (unpaired) electrons. The van der Waals surface area contributed by atoms with Crippen LogP contribution in [0.25, 0.3) is 0 Å². The van der Waals surface area contributed by atoms with Crippen molar-refractivity contribution in [3.63, 3.8) is 0 Å².